The Hall–Kier alpha value is -0.760. The van der Waals surface area contributed by atoms with Gasteiger partial charge in [0.1, 0.15) is 5.76 Å². The van der Waals surface area contributed by atoms with Crippen molar-refractivity contribution in [3.8, 4) is 0 Å². The molecule has 1 aromatic rings. The van der Waals surface area contributed by atoms with Crippen molar-refractivity contribution in [3.05, 3.63) is 23.7 Å². The minimum atomic E-state index is 0.218. The van der Waals surface area contributed by atoms with E-state index >= 15 is 0 Å². The van der Waals surface area contributed by atoms with Crippen LogP contribution in [0.4, 0.5) is 0 Å². The fraction of sp³-hybridized carbons (Fsp3) is 0.600. The SMILES string of the molecule is CC(N)C1CCCc2ccoc21. The maximum absolute atomic E-state index is 5.88. The van der Waals surface area contributed by atoms with E-state index in [0.717, 1.165) is 12.2 Å². The summed E-state index contributed by atoms with van der Waals surface area (Å²) in [5, 5.41) is 0. The molecule has 2 heteroatoms. The van der Waals surface area contributed by atoms with E-state index in [9.17, 15) is 0 Å². The van der Waals surface area contributed by atoms with Crippen LogP contribution in [0.3, 0.4) is 0 Å². The summed E-state index contributed by atoms with van der Waals surface area (Å²) < 4.78 is 5.45. The highest BCUT2D eigenvalue weighted by atomic mass is 16.3. The Morgan fingerprint density at radius 3 is 3.25 bits per heavy atom. The molecule has 1 aliphatic carbocycles. The van der Waals surface area contributed by atoms with Crippen molar-refractivity contribution in [2.45, 2.75) is 38.1 Å². The number of nitrogens with two attached hydrogens (primary N) is 1. The van der Waals surface area contributed by atoms with Crippen LogP contribution in [0.5, 0.6) is 0 Å². The van der Waals surface area contributed by atoms with E-state index in [2.05, 4.69) is 13.0 Å². The molecule has 1 aromatic heterocycles. The zero-order valence-corrected chi connectivity index (χ0v) is 7.42. The third-order valence-corrected chi connectivity index (χ3v) is 2.71. The monoisotopic (exact) mass is 165 g/mol. The lowest BCUT2D eigenvalue weighted by Gasteiger charge is -2.23. The Balaban J connectivity index is 2.31. The van der Waals surface area contributed by atoms with E-state index in [1.54, 1.807) is 6.26 Å². The zero-order chi connectivity index (χ0) is 8.55. The van der Waals surface area contributed by atoms with Crippen LogP contribution in [0.1, 0.15) is 37.0 Å². The molecule has 2 atom stereocenters. The van der Waals surface area contributed by atoms with Crippen LogP contribution in [0.2, 0.25) is 0 Å². The van der Waals surface area contributed by atoms with E-state index < -0.39 is 0 Å². The molecule has 12 heavy (non-hydrogen) atoms. The van der Waals surface area contributed by atoms with Crippen molar-refractivity contribution >= 4 is 0 Å². The van der Waals surface area contributed by atoms with Gasteiger partial charge in [-0.1, -0.05) is 0 Å². The molecule has 0 fully saturated rings. The maximum Gasteiger partial charge on any atom is 0.111 e. The summed E-state index contributed by atoms with van der Waals surface area (Å²) >= 11 is 0. The van der Waals surface area contributed by atoms with Crippen molar-refractivity contribution in [2.24, 2.45) is 5.73 Å². The number of furan rings is 1. The first-order chi connectivity index (χ1) is 5.79. The molecule has 0 saturated carbocycles. The lowest BCUT2D eigenvalue weighted by atomic mass is 9.85. The first kappa shape index (κ1) is 7.87. The molecule has 0 bridgehead atoms. The number of hydrogen-bond donors (Lipinski definition) is 1. The van der Waals surface area contributed by atoms with Gasteiger partial charge in [0.15, 0.2) is 0 Å². The Morgan fingerprint density at radius 2 is 2.50 bits per heavy atom. The Kier molecular flexibility index (Phi) is 1.93. The van der Waals surface area contributed by atoms with Crippen LogP contribution in [-0.4, -0.2) is 6.04 Å². The molecule has 2 unspecified atom stereocenters. The molecule has 0 aliphatic heterocycles. The van der Waals surface area contributed by atoms with Crippen LogP contribution < -0.4 is 5.73 Å². The van der Waals surface area contributed by atoms with Gasteiger partial charge in [-0.15, -0.1) is 0 Å². The van der Waals surface area contributed by atoms with Crippen LogP contribution in [-0.2, 0) is 6.42 Å². The van der Waals surface area contributed by atoms with Gasteiger partial charge in [0.2, 0.25) is 0 Å². The Morgan fingerprint density at radius 1 is 1.67 bits per heavy atom. The van der Waals surface area contributed by atoms with Crippen molar-refractivity contribution in [1.82, 2.24) is 0 Å². The van der Waals surface area contributed by atoms with Gasteiger partial charge in [0.05, 0.1) is 6.26 Å². The molecule has 0 amide bonds. The Bertz CT molecular complexity index is 265. The third kappa shape index (κ3) is 1.16. The number of hydrogen-bond acceptors (Lipinski definition) is 2. The number of rotatable bonds is 1. The fourth-order valence-corrected chi connectivity index (χ4v) is 2.02. The number of fused-ring (bicyclic) bond motifs is 1. The highest BCUT2D eigenvalue weighted by Crippen LogP contribution is 2.33. The summed E-state index contributed by atoms with van der Waals surface area (Å²) in [4.78, 5) is 0. The minimum absolute atomic E-state index is 0.218. The van der Waals surface area contributed by atoms with Crippen LogP contribution in [0.25, 0.3) is 0 Å². The van der Waals surface area contributed by atoms with Gasteiger partial charge < -0.3 is 10.2 Å². The zero-order valence-electron chi connectivity index (χ0n) is 7.42. The van der Waals surface area contributed by atoms with Crippen LogP contribution in [0, 0.1) is 0 Å². The van der Waals surface area contributed by atoms with Gasteiger partial charge >= 0.3 is 0 Å². The van der Waals surface area contributed by atoms with Gasteiger partial charge in [-0.05, 0) is 37.8 Å². The predicted molar refractivity (Wildman–Crippen MR) is 48.0 cm³/mol. The lowest BCUT2D eigenvalue weighted by molar-refractivity contribution is 0.383. The average molecular weight is 165 g/mol. The molecule has 0 radical (unpaired) electrons. The summed E-state index contributed by atoms with van der Waals surface area (Å²) in [6, 6.07) is 2.29. The van der Waals surface area contributed by atoms with Crippen molar-refractivity contribution in [1.29, 1.82) is 0 Å². The van der Waals surface area contributed by atoms with Crippen LogP contribution >= 0.6 is 0 Å². The normalized spacial score (nSPS) is 25.0. The van der Waals surface area contributed by atoms with Gasteiger partial charge in [-0.3, -0.25) is 0 Å². The first-order valence-corrected chi connectivity index (χ1v) is 4.61. The molecular weight excluding hydrogens is 150 g/mol. The molecule has 2 N–H and O–H groups in total. The highest BCUT2D eigenvalue weighted by molar-refractivity contribution is 5.24. The minimum Gasteiger partial charge on any atom is -0.469 e. The standard InChI is InChI=1S/C10H15NO/c1-7(11)9-4-2-3-8-5-6-12-10(8)9/h5-7,9H,2-4,11H2,1H3. The largest absolute Gasteiger partial charge is 0.469 e. The third-order valence-electron chi connectivity index (χ3n) is 2.71. The highest BCUT2D eigenvalue weighted by Gasteiger charge is 2.25. The molecule has 66 valence electrons. The maximum atomic E-state index is 5.88. The molecule has 2 nitrogen and oxygen atoms in total. The molecule has 0 spiro atoms. The van der Waals surface area contributed by atoms with Gasteiger partial charge in [0, 0.05) is 12.0 Å². The summed E-state index contributed by atoms with van der Waals surface area (Å²) in [7, 11) is 0. The average Bonchev–Trinajstić information content (AvgIpc) is 2.49. The summed E-state index contributed by atoms with van der Waals surface area (Å²) in [5.74, 6) is 1.58. The second-order valence-corrected chi connectivity index (χ2v) is 3.67. The quantitative estimate of drug-likeness (QED) is 0.691. The van der Waals surface area contributed by atoms with Gasteiger partial charge in [0.25, 0.3) is 0 Å². The predicted octanol–water partition coefficient (Wildman–Crippen LogP) is 2.05. The molecule has 2 rings (SSSR count). The molecule has 0 saturated heterocycles. The smallest absolute Gasteiger partial charge is 0.111 e. The van der Waals surface area contributed by atoms with Crippen molar-refractivity contribution in [3.63, 3.8) is 0 Å². The first-order valence-electron chi connectivity index (χ1n) is 4.61. The molecular formula is C10H15NO. The fourth-order valence-electron chi connectivity index (χ4n) is 2.02. The van der Waals surface area contributed by atoms with Crippen LogP contribution in [0.15, 0.2) is 16.7 Å². The molecule has 0 aromatic carbocycles. The van der Waals surface area contributed by atoms with Crippen molar-refractivity contribution < 1.29 is 4.42 Å². The topological polar surface area (TPSA) is 39.2 Å². The molecule has 1 heterocycles. The Labute approximate surface area is 72.7 Å². The van der Waals surface area contributed by atoms with E-state index in [1.807, 2.05) is 0 Å². The van der Waals surface area contributed by atoms with E-state index in [4.69, 9.17) is 10.2 Å². The van der Waals surface area contributed by atoms with Crippen molar-refractivity contribution in [2.75, 3.05) is 0 Å². The summed E-state index contributed by atoms with van der Waals surface area (Å²) in [5.41, 5.74) is 7.25. The van der Waals surface area contributed by atoms with Gasteiger partial charge in [-0.2, -0.15) is 0 Å². The summed E-state index contributed by atoms with van der Waals surface area (Å²) in [6.45, 7) is 2.06. The van der Waals surface area contributed by atoms with E-state index in [1.165, 1.54) is 18.4 Å². The van der Waals surface area contributed by atoms with Gasteiger partial charge in [-0.25, -0.2) is 0 Å². The number of aryl methyl sites for hydroxylation is 1. The summed E-state index contributed by atoms with van der Waals surface area (Å²) in [6.07, 6.45) is 5.37. The lowest BCUT2D eigenvalue weighted by Crippen LogP contribution is -2.27. The van der Waals surface area contributed by atoms with E-state index in [-0.39, 0.29) is 6.04 Å². The van der Waals surface area contributed by atoms with E-state index in [0.29, 0.717) is 5.92 Å². The second kappa shape index (κ2) is 2.94. The molecule has 1 aliphatic rings. The second-order valence-electron chi connectivity index (χ2n) is 3.67.